The minimum Gasteiger partial charge on any atom is -0.478 e. The normalized spacial score (nSPS) is 10.2. The van der Waals surface area contributed by atoms with Crippen LogP contribution in [0.1, 0.15) is 30.1 Å². The number of carbonyl (C=O) groups is 2. The maximum Gasteiger partial charge on any atom is 0.339 e. The summed E-state index contributed by atoms with van der Waals surface area (Å²) in [6.45, 7) is 1.90. The Morgan fingerprint density at radius 2 is 1.95 bits per heavy atom. The van der Waals surface area contributed by atoms with Gasteiger partial charge in [-0.05, 0) is 12.0 Å². The average Bonchev–Trinajstić information content (AvgIpc) is 2.83. The molecule has 1 aromatic carbocycles. The highest BCUT2D eigenvalue weighted by molar-refractivity contribution is 7.15. The van der Waals surface area contributed by atoms with Crippen molar-refractivity contribution < 1.29 is 14.7 Å². The van der Waals surface area contributed by atoms with E-state index in [0.717, 1.165) is 12.0 Å². The van der Waals surface area contributed by atoms with E-state index in [1.54, 1.807) is 5.38 Å². The molecule has 20 heavy (non-hydrogen) atoms. The van der Waals surface area contributed by atoms with Crippen molar-refractivity contribution in [2.45, 2.75) is 19.8 Å². The summed E-state index contributed by atoms with van der Waals surface area (Å²) in [5.41, 5.74) is 1.62. The largest absolute Gasteiger partial charge is 0.478 e. The van der Waals surface area contributed by atoms with Crippen molar-refractivity contribution in [1.82, 2.24) is 0 Å². The predicted octanol–water partition coefficient (Wildman–Crippen LogP) is 3.85. The molecule has 0 aliphatic carbocycles. The molecule has 2 N–H and O–H groups in total. The van der Waals surface area contributed by atoms with Crippen LogP contribution in [0.4, 0.5) is 5.00 Å². The number of thiophene rings is 1. The second-order valence-electron chi connectivity index (χ2n) is 4.32. The third kappa shape index (κ3) is 3.05. The number of carboxylic acid groups (broad SMARTS) is 1. The molecule has 0 aliphatic rings. The summed E-state index contributed by atoms with van der Waals surface area (Å²) in [6.07, 6.45) is 1.11. The van der Waals surface area contributed by atoms with Crippen LogP contribution in [-0.2, 0) is 4.79 Å². The van der Waals surface area contributed by atoms with Crippen LogP contribution in [-0.4, -0.2) is 17.0 Å². The van der Waals surface area contributed by atoms with Crippen LogP contribution in [0.2, 0.25) is 0 Å². The summed E-state index contributed by atoms with van der Waals surface area (Å²) in [6, 6.07) is 9.29. The molecule has 0 saturated carbocycles. The molecule has 0 atom stereocenters. The number of carboxylic acids is 1. The number of hydrogen-bond donors (Lipinski definition) is 2. The third-order valence-corrected chi connectivity index (χ3v) is 3.72. The Morgan fingerprint density at radius 1 is 1.25 bits per heavy atom. The lowest BCUT2D eigenvalue weighted by molar-refractivity contribution is -0.116. The second-order valence-corrected chi connectivity index (χ2v) is 5.20. The molecule has 0 spiro atoms. The van der Waals surface area contributed by atoms with E-state index in [1.807, 2.05) is 37.3 Å². The smallest absolute Gasteiger partial charge is 0.339 e. The van der Waals surface area contributed by atoms with Crippen molar-refractivity contribution in [1.29, 1.82) is 0 Å². The fourth-order valence-corrected chi connectivity index (χ4v) is 2.89. The number of rotatable bonds is 5. The van der Waals surface area contributed by atoms with Crippen molar-refractivity contribution >= 4 is 28.2 Å². The Kier molecular flexibility index (Phi) is 4.53. The molecule has 1 heterocycles. The molecule has 0 unspecified atom stereocenters. The van der Waals surface area contributed by atoms with E-state index < -0.39 is 5.97 Å². The van der Waals surface area contributed by atoms with Gasteiger partial charge in [0.2, 0.25) is 5.91 Å². The lowest BCUT2D eigenvalue weighted by Gasteiger charge is -2.05. The summed E-state index contributed by atoms with van der Waals surface area (Å²) in [5.74, 6) is -1.19. The zero-order valence-electron chi connectivity index (χ0n) is 11.1. The quantitative estimate of drug-likeness (QED) is 0.878. The number of anilines is 1. The summed E-state index contributed by atoms with van der Waals surface area (Å²) in [5, 5.41) is 14.2. The van der Waals surface area contributed by atoms with Gasteiger partial charge in [0.05, 0.1) is 0 Å². The fourth-order valence-electron chi connectivity index (χ4n) is 1.91. The van der Waals surface area contributed by atoms with Gasteiger partial charge in [-0.25, -0.2) is 4.79 Å². The van der Waals surface area contributed by atoms with Gasteiger partial charge >= 0.3 is 5.97 Å². The topological polar surface area (TPSA) is 66.4 Å². The van der Waals surface area contributed by atoms with Crippen molar-refractivity contribution in [3.63, 3.8) is 0 Å². The van der Waals surface area contributed by atoms with Gasteiger partial charge in [-0.3, -0.25) is 4.79 Å². The summed E-state index contributed by atoms with van der Waals surface area (Å²) in [7, 11) is 0. The lowest BCUT2D eigenvalue weighted by Crippen LogP contribution is -2.12. The van der Waals surface area contributed by atoms with Crippen LogP contribution in [0, 0.1) is 0 Å². The van der Waals surface area contributed by atoms with Gasteiger partial charge in [-0.2, -0.15) is 0 Å². The van der Waals surface area contributed by atoms with Crippen molar-refractivity contribution in [3.05, 3.63) is 41.3 Å². The zero-order chi connectivity index (χ0) is 14.5. The Hall–Kier alpha value is -2.14. The van der Waals surface area contributed by atoms with E-state index >= 15 is 0 Å². The molecule has 0 bridgehead atoms. The van der Waals surface area contributed by atoms with Gasteiger partial charge in [0.1, 0.15) is 10.6 Å². The Bertz CT molecular complexity index is 619. The first-order chi connectivity index (χ1) is 9.63. The molecule has 4 nitrogen and oxygen atoms in total. The SMILES string of the molecule is CCCC(=O)Nc1scc(-c2ccccc2)c1C(=O)O. The van der Waals surface area contributed by atoms with Gasteiger partial charge < -0.3 is 10.4 Å². The van der Waals surface area contributed by atoms with E-state index in [1.165, 1.54) is 11.3 Å². The van der Waals surface area contributed by atoms with Crippen LogP contribution in [0.5, 0.6) is 0 Å². The van der Waals surface area contributed by atoms with E-state index in [4.69, 9.17) is 0 Å². The van der Waals surface area contributed by atoms with E-state index in [0.29, 0.717) is 17.0 Å². The number of hydrogen-bond acceptors (Lipinski definition) is 3. The highest BCUT2D eigenvalue weighted by atomic mass is 32.1. The molecule has 5 heteroatoms. The van der Waals surface area contributed by atoms with Gasteiger partial charge in [0.25, 0.3) is 0 Å². The molecule has 0 aliphatic heterocycles. The first-order valence-electron chi connectivity index (χ1n) is 6.33. The van der Waals surface area contributed by atoms with Crippen LogP contribution in [0.15, 0.2) is 35.7 Å². The third-order valence-electron chi connectivity index (χ3n) is 2.82. The summed E-state index contributed by atoms with van der Waals surface area (Å²) >= 11 is 1.24. The second kappa shape index (κ2) is 6.34. The first-order valence-corrected chi connectivity index (χ1v) is 7.21. The number of amides is 1. The summed E-state index contributed by atoms with van der Waals surface area (Å²) in [4.78, 5) is 23.1. The molecule has 104 valence electrons. The molecular formula is C15H15NO3S. The van der Waals surface area contributed by atoms with Crippen molar-refractivity contribution in [2.75, 3.05) is 5.32 Å². The minimum absolute atomic E-state index is 0.156. The predicted molar refractivity (Wildman–Crippen MR) is 80.3 cm³/mol. The number of carbonyl (C=O) groups excluding carboxylic acids is 1. The molecule has 1 aromatic heterocycles. The van der Waals surface area contributed by atoms with Crippen LogP contribution in [0.3, 0.4) is 0 Å². The lowest BCUT2D eigenvalue weighted by atomic mass is 10.0. The molecule has 1 amide bonds. The summed E-state index contributed by atoms with van der Waals surface area (Å²) < 4.78 is 0. The number of nitrogens with one attached hydrogen (secondary N) is 1. The highest BCUT2D eigenvalue weighted by Gasteiger charge is 2.20. The Morgan fingerprint density at radius 3 is 2.55 bits per heavy atom. The van der Waals surface area contributed by atoms with Crippen molar-refractivity contribution in [3.8, 4) is 11.1 Å². The van der Waals surface area contributed by atoms with Crippen LogP contribution < -0.4 is 5.32 Å². The van der Waals surface area contributed by atoms with Gasteiger partial charge in [0.15, 0.2) is 0 Å². The average molecular weight is 289 g/mol. The van der Waals surface area contributed by atoms with Gasteiger partial charge in [-0.1, -0.05) is 37.3 Å². The Balaban J connectivity index is 2.38. The molecule has 0 radical (unpaired) electrons. The molecule has 2 aromatic rings. The maximum absolute atomic E-state index is 11.6. The van der Waals surface area contributed by atoms with Crippen LogP contribution in [0.25, 0.3) is 11.1 Å². The monoisotopic (exact) mass is 289 g/mol. The molecule has 0 fully saturated rings. The van der Waals surface area contributed by atoms with E-state index in [2.05, 4.69) is 5.32 Å². The fraction of sp³-hybridized carbons (Fsp3) is 0.200. The minimum atomic E-state index is -1.03. The maximum atomic E-state index is 11.6. The molecule has 0 saturated heterocycles. The van der Waals surface area contributed by atoms with Crippen molar-refractivity contribution in [2.24, 2.45) is 0 Å². The highest BCUT2D eigenvalue weighted by Crippen LogP contribution is 2.35. The van der Waals surface area contributed by atoms with E-state index in [9.17, 15) is 14.7 Å². The zero-order valence-corrected chi connectivity index (χ0v) is 11.9. The Labute approximate surface area is 121 Å². The van der Waals surface area contributed by atoms with E-state index in [-0.39, 0.29) is 11.5 Å². The standard InChI is InChI=1S/C15H15NO3S/c1-2-6-12(17)16-14-13(15(18)19)11(9-20-14)10-7-4-3-5-8-10/h3-5,7-9H,2,6H2,1H3,(H,16,17)(H,18,19). The van der Waals surface area contributed by atoms with Gasteiger partial charge in [-0.15, -0.1) is 11.3 Å². The molecular weight excluding hydrogens is 274 g/mol. The van der Waals surface area contributed by atoms with Gasteiger partial charge in [0, 0.05) is 17.4 Å². The molecule has 2 rings (SSSR count). The number of aromatic carboxylic acids is 1. The number of benzene rings is 1. The first kappa shape index (κ1) is 14.3. The van der Waals surface area contributed by atoms with Crippen LogP contribution >= 0.6 is 11.3 Å².